The number of halogens is 1. The molecule has 1 amide bonds. The molecule has 1 N–H and O–H groups in total. The first-order valence-corrected chi connectivity index (χ1v) is 6.90. The maximum atomic E-state index is 12.1. The van der Waals surface area contributed by atoms with Crippen molar-refractivity contribution in [1.29, 1.82) is 0 Å². The highest BCUT2D eigenvalue weighted by Gasteiger charge is 2.13. The Balaban J connectivity index is 2.10. The van der Waals surface area contributed by atoms with Crippen LogP contribution in [0.2, 0.25) is 0 Å². The summed E-state index contributed by atoms with van der Waals surface area (Å²) in [6.45, 7) is 0. The number of benzene rings is 2. The van der Waals surface area contributed by atoms with E-state index in [-0.39, 0.29) is 11.9 Å². The standard InChI is InChI=1S/C15H14BrNO/c16-11-14(12-7-3-1-4-8-12)17-15(18)13-9-5-2-6-10-13/h1-10,14H,11H2,(H,17,18)/t14-/m0/s1. The molecule has 0 fully saturated rings. The molecule has 92 valence electrons. The predicted molar refractivity (Wildman–Crippen MR) is 76.9 cm³/mol. The van der Waals surface area contributed by atoms with Crippen LogP contribution in [0, 0.1) is 0 Å². The molecule has 1 atom stereocenters. The fraction of sp³-hybridized carbons (Fsp3) is 0.133. The highest BCUT2D eigenvalue weighted by molar-refractivity contribution is 9.09. The van der Waals surface area contributed by atoms with Crippen LogP contribution in [-0.4, -0.2) is 11.2 Å². The van der Waals surface area contributed by atoms with Crippen molar-refractivity contribution in [2.24, 2.45) is 0 Å². The second-order valence-electron chi connectivity index (χ2n) is 3.96. The van der Waals surface area contributed by atoms with Crippen LogP contribution in [0.4, 0.5) is 0 Å². The monoisotopic (exact) mass is 303 g/mol. The Labute approximate surface area is 115 Å². The molecule has 2 aromatic rings. The van der Waals surface area contributed by atoms with Crippen LogP contribution in [0.25, 0.3) is 0 Å². The van der Waals surface area contributed by atoms with Gasteiger partial charge in [-0.05, 0) is 17.7 Å². The van der Waals surface area contributed by atoms with Crippen LogP contribution < -0.4 is 5.32 Å². The summed E-state index contributed by atoms with van der Waals surface area (Å²) in [6, 6.07) is 19.2. The molecule has 2 aromatic carbocycles. The number of hydrogen-bond donors (Lipinski definition) is 1. The van der Waals surface area contributed by atoms with Crippen molar-refractivity contribution < 1.29 is 4.79 Å². The molecule has 3 heteroatoms. The second-order valence-corrected chi connectivity index (χ2v) is 4.60. The maximum Gasteiger partial charge on any atom is 0.251 e. The Morgan fingerprint density at radius 3 is 2.11 bits per heavy atom. The molecule has 0 saturated carbocycles. The molecular weight excluding hydrogens is 290 g/mol. The number of hydrogen-bond acceptors (Lipinski definition) is 1. The number of amides is 1. The van der Waals surface area contributed by atoms with Crippen LogP contribution in [0.15, 0.2) is 60.7 Å². The lowest BCUT2D eigenvalue weighted by Crippen LogP contribution is -2.29. The highest BCUT2D eigenvalue weighted by atomic mass is 79.9. The second kappa shape index (κ2) is 6.36. The first kappa shape index (κ1) is 12.8. The van der Waals surface area contributed by atoms with Crippen molar-refractivity contribution in [3.8, 4) is 0 Å². The summed E-state index contributed by atoms with van der Waals surface area (Å²) in [4.78, 5) is 12.1. The average Bonchev–Trinajstić information content (AvgIpc) is 2.46. The third-order valence-electron chi connectivity index (χ3n) is 2.70. The molecule has 0 saturated heterocycles. The Morgan fingerprint density at radius 1 is 1.00 bits per heavy atom. The van der Waals surface area contributed by atoms with E-state index in [1.54, 1.807) is 0 Å². The van der Waals surface area contributed by atoms with Crippen molar-refractivity contribution in [2.45, 2.75) is 6.04 Å². The summed E-state index contributed by atoms with van der Waals surface area (Å²) < 4.78 is 0. The van der Waals surface area contributed by atoms with Gasteiger partial charge in [0.15, 0.2) is 0 Å². The maximum absolute atomic E-state index is 12.1. The van der Waals surface area contributed by atoms with E-state index in [9.17, 15) is 4.79 Å². The number of carbonyl (C=O) groups excluding carboxylic acids is 1. The lowest BCUT2D eigenvalue weighted by Gasteiger charge is -2.16. The topological polar surface area (TPSA) is 29.1 Å². The third kappa shape index (κ3) is 3.20. The fourth-order valence-electron chi connectivity index (χ4n) is 1.73. The van der Waals surface area contributed by atoms with Crippen molar-refractivity contribution in [3.63, 3.8) is 0 Å². The summed E-state index contributed by atoms with van der Waals surface area (Å²) in [6.07, 6.45) is 0. The van der Waals surface area contributed by atoms with Gasteiger partial charge in [-0.2, -0.15) is 0 Å². The summed E-state index contributed by atoms with van der Waals surface area (Å²) in [5.74, 6) is -0.0519. The number of alkyl halides is 1. The van der Waals surface area contributed by atoms with Crippen molar-refractivity contribution >= 4 is 21.8 Å². The number of nitrogens with one attached hydrogen (secondary N) is 1. The lowest BCUT2D eigenvalue weighted by molar-refractivity contribution is 0.0941. The highest BCUT2D eigenvalue weighted by Crippen LogP contribution is 2.15. The minimum atomic E-state index is -0.0519. The van der Waals surface area contributed by atoms with Gasteiger partial charge < -0.3 is 5.32 Å². The molecule has 2 nitrogen and oxygen atoms in total. The molecule has 2 rings (SSSR count). The molecule has 0 aliphatic rings. The van der Waals surface area contributed by atoms with Gasteiger partial charge in [0.2, 0.25) is 0 Å². The zero-order chi connectivity index (χ0) is 12.8. The van der Waals surface area contributed by atoms with Gasteiger partial charge in [-0.25, -0.2) is 0 Å². The third-order valence-corrected chi connectivity index (χ3v) is 3.35. The van der Waals surface area contributed by atoms with Crippen LogP contribution in [0.1, 0.15) is 22.0 Å². The van der Waals surface area contributed by atoms with Gasteiger partial charge >= 0.3 is 0 Å². The van der Waals surface area contributed by atoms with Gasteiger partial charge in [-0.1, -0.05) is 64.5 Å². The average molecular weight is 304 g/mol. The minimum absolute atomic E-state index is 0.0149. The van der Waals surface area contributed by atoms with E-state index < -0.39 is 0 Å². The van der Waals surface area contributed by atoms with Crippen molar-refractivity contribution in [1.82, 2.24) is 5.32 Å². The molecule has 0 bridgehead atoms. The van der Waals surface area contributed by atoms with Gasteiger partial charge in [-0.15, -0.1) is 0 Å². The molecule has 0 aromatic heterocycles. The van der Waals surface area contributed by atoms with Crippen LogP contribution in [0.3, 0.4) is 0 Å². The number of rotatable bonds is 4. The van der Waals surface area contributed by atoms with E-state index in [1.165, 1.54) is 0 Å². The minimum Gasteiger partial charge on any atom is -0.344 e. The van der Waals surface area contributed by atoms with E-state index in [0.29, 0.717) is 10.9 Å². The molecule has 0 unspecified atom stereocenters. The van der Waals surface area contributed by atoms with Crippen LogP contribution in [0.5, 0.6) is 0 Å². The normalized spacial score (nSPS) is 11.8. The van der Waals surface area contributed by atoms with E-state index >= 15 is 0 Å². The molecule has 0 radical (unpaired) electrons. The zero-order valence-electron chi connectivity index (χ0n) is 9.84. The summed E-state index contributed by atoms with van der Waals surface area (Å²) in [5, 5.41) is 3.70. The summed E-state index contributed by atoms with van der Waals surface area (Å²) in [7, 11) is 0. The SMILES string of the molecule is O=C(N[C@@H](CBr)c1ccccc1)c1ccccc1. The summed E-state index contributed by atoms with van der Waals surface area (Å²) >= 11 is 3.44. The van der Waals surface area contributed by atoms with E-state index in [4.69, 9.17) is 0 Å². The van der Waals surface area contributed by atoms with Gasteiger partial charge in [-0.3, -0.25) is 4.79 Å². The van der Waals surface area contributed by atoms with Gasteiger partial charge in [0.25, 0.3) is 5.91 Å². The largest absolute Gasteiger partial charge is 0.344 e. The first-order chi connectivity index (χ1) is 8.81. The zero-order valence-corrected chi connectivity index (χ0v) is 11.4. The molecular formula is C15H14BrNO. The first-order valence-electron chi connectivity index (χ1n) is 5.78. The Hall–Kier alpha value is -1.61. The smallest absolute Gasteiger partial charge is 0.251 e. The summed E-state index contributed by atoms with van der Waals surface area (Å²) in [5.41, 5.74) is 1.78. The quantitative estimate of drug-likeness (QED) is 0.860. The fourth-order valence-corrected chi connectivity index (χ4v) is 2.26. The van der Waals surface area contributed by atoms with Crippen molar-refractivity contribution in [3.05, 3.63) is 71.8 Å². The molecule has 18 heavy (non-hydrogen) atoms. The molecule has 0 heterocycles. The lowest BCUT2D eigenvalue weighted by atomic mass is 10.1. The Morgan fingerprint density at radius 2 is 1.56 bits per heavy atom. The molecule has 0 spiro atoms. The van der Waals surface area contributed by atoms with Crippen LogP contribution >= 0.6 is 15.9 Å². The van der Waals surface area contributed by atoms with Crippen LogP contribution in [-0.2, 0) is 0 Å². The predicted octanol–water partition coefficient (Wildman–Crippen LogP) is 3.55. The van der Waals surface area contributed by atoms with E-state index in [2.05, 4.69) is 21.2 Å². The van der Waals surface area contributed by atoms with E-state index in [0.717, 1.165) is 5.56 Å². The van der Waals surface area contributed by atoms with E-state index in [1.807, 2.05) is 60.7 Å². The van der Waals surface area contributed by atoms with Gasteiger partial charge in [0, 0.05) is 10.9 Å². The van der Waals surface area contributed by atoms with Gasteiger partial charge in [0.1, 0.15) is 0 Å². The number of carbonyl (C=O) groups is 1. The Bertz CT molecular complexity index is 498. The Kier molecular flexibility index (Phi) is 4.53. The molecule has 0 aliphatic carbocycles. The molecule has 0 aliphatic heterocycles. The van der Waals surface area contributed by atoms with Crippen molar-refractivity contribution in [2.75, 3.05) is 5.33 Å². The van der Waals surface area contributed by atoms with Gasteiger partial charge in [0.05, 0.1) is 6.04 Å².